The second-order valence-electron chi connectivity index (χ2n) is 6.09. The van der Waals surface area contributed by atoms with Gasteiger partial charge in [-0.15, -0.1) is 0 Å². The molecule has 0 aliphatic heterocycles. The van der Waals surface area contributed by atoms with Gasteiger partial charge in [0.25, 0.3) is 0 Å². The molecule has 4 rings (SSSR count). The number of carbonyl (C=O) groups excluding carboxylic acids is 1. The minimum absolute atomic E-state index is 0.176. The Hall–Kier alpha value is -2.61. The van der Waals surface area contributed by atoms with E-state index in [-0.39, 0.29) is 11.9 Å². The Morgan fingerprint density at radius 1 is 0.913 bits per heavy atom. The molecule has 0 heterocycles. The van der Waals surface area contributed by atoms with Gasteiger partial charge in [0.15, 0.2) is 0 Å². The number of fused-ring (bicyclic) bond motifs is 2. The van der Waals surface area contributed by atoms with Gasteiger partial charge in [0.2, 0.25) is 0 Å². The maximum absolute atomic E-state index is 12.7. The van der Waals surface area contributed by atoms with Crippen LogP contribution in [0.3, 0.4) is 0 Å². The van der Waals surface area contributed by atoms with E-state index in [1.54, 1.807) is 0 Å². The largest absolute Gasteiger partial charge is 0.457 e. The highest BCUT2D eigenvalue weighted by Gasteiger charge is 2.39. The lowest BCUT2D eigenvalue weighted by Crippen LogP contribution is -2.13. The molecular weight excluding hydrogens is 284 g/mol. The Kier molecular flexibility index (Phi) is 3.58. The van der Waals surface area contributed by atoms with Gasteiger partial charge in [-0.2, -0.15) is 0 Å². The van der Waals surface area contributed by atoms with Gasteiger partial charge in [-0.05, 0) is 23.1 Å². The standard InChI is InChI=1S/C21H18O2/c22-21(23-14-15-7-3-1-4-8-15)20-18-12-11-17(13-18)19(20)16-9-5-2-6-10-16/h1-12,17-18H,13-14H2. The summed E-state index contributed by atoms with van der Waals surface area (Å²) < 4.78 is 5.59. The van der Waals surface area contributed by atoms with E-state index in [4.69, 9.17) is 4.74 Å². The highest BCUT2D eigenvalue weighted by molar-refractivity contribution is 6.01. The summed E-state index contributed by atoms with van der Waals surface area (Å²) in [4.78, 5) is 12.7. The minimum atomic E-state index is -0.176. The van der Waals surface area contributed by atoms with E-state index in [2.05, 4.69) is 24.3 Å². The molecular formula is C21H18O2. The predicted molar refractivity (Wildman–Crippen MR) is 90.3 cm³/mol. The van der Waals surface area contributed by atoms with Crippen molar-refractivity contribution in [3.8, 4) is 0 Å². The molecule has 0 N–H and O–H groups in total. The van der Waals surface area contributed by atoms with Crippen LogP contribution in [0.25, 0.3) is 5.57 Å². The van der Waals surface area contributed by atoms with Crippen LogP contribution >= 0.6 is 0 Å². The zero-order valence-electron chi connectivity index (χ0n) is 12.8. The first-order valence-corrected chi connectivity index (χ1v) is 8.02. The third kappa shape index (κ3) is 2.61. The average Bonchev–Trinajstić information content (AvgIpc) is 3.22. The fourth-order valence-corrected chi connectivity index (χ4v) is 3.58. The van der Waals surface area contributed by atoms with E-state index in [1.165, 1.54) is 0 Å². The van der Waals surface area contributed by atoms with Crippen LogP contribution < -0.4 is 0 Å². The molecule has 2 atom stereocenters. The zero-order valence-corrected chi connectivity index (χ0v) is 12.8. The lowest BCUT2D eigenvalue weighted by atomic mass is 9.91. The van der Waals surface area contributed by atoms with Gasteiger partial charge in [-0.1, -0.05) is 72.8 Å². The fourth-order valence-electron chi connectivity index (χ4n) is 3.58. The second-order valence-corrected chi connectivity index (χ2v) is 6.09. The van der Waals surface area contributed by atoms with Crippen molar-refractivity contribution in [2.45, 2.75) is 13.0 Å². The topological polar surface area (TPSA) is 26.3 Å². The summed E-state index contributed by atoms with van der Waals surface area (Å²) in [7, 11) is 0. The van der Waals surface area contributed by atoms with E-state index < -0.39 is 0 Å². The zero-order chi connectivity index (χ0) is 15.6. The van der Waals surface area contributed by atoms with Crippen LogP contribution in [0.5, 0.6) is 0 Å². The van der Waals surface area contributed by atoms with Gasteiger partial charge < -0.3 is 4.74 Å². The van der Waals surface area contributed by atoms with Crippen LogP contribution in [0, 0.1) is 11.8 Å². The Bertz CT molecular complexity index is 772. The lowest BCUT2D eigenvalue weighted by molar-refractivity contribution is -0.140. The first-order chi connectivity index (χ1) is 11.3. The third-order valence-corrected chi connectivity index (χ3v) is 4.63. The van der Waals surface area contributed by atoms with E-state index >= 15 is 0 Å². The van der Waals surface area contributed by atoms with Gasteiger partial charge in [-0.25, -0.2) is 4.79 Å². The van der Waals surface area contributed by atoms with Crippen LogP contribution in [0.2, 0.25) is 0 Å². The number of hydrogen-bond donors (Lipinski definition) is 0. The minimum Gasteiger partial charge on any atom is -0.457 e. The molecule has 0 aromatic heterocycles. The van der Waals surface area contributed by atoms with Crippen LogP contribution in [0.15, 0.2) is 78.4 Å². The molecule has 0 amide bonds. The summed E-state index contributed by atoms with van der Waals surface area (Å²) in [6.45, 7) is 0.326. The van der Waals surface area contributed by atoms with E-state index in [1.807, 2.05) is 48.5 Å². The van der Waals surface area contributed by atoms with E-state index in [0.29, 0.717) is 12.5 Å². The van der Waals surface area contributed by atoms with Crippen molar-refractivity contribution in [3.63, 3.8) is 0 Å². The summed E-state index contributed by atoms with van der Waals surface area (Å²) >= 11 is 0. The number of carbonyl (C=O) groups is 1. The molecule has 114 valence electrons. The molecule has 0 spiro atoms. The SMILES string of the molecule is O=C(OCc1ccccc1)C1=C(c2ccccc2)C2C=CC1C2. The molecule has 2 bridgehead atoms. The highest BCUT2D eigenvalue weighted by atomic mass is 16.5. The van der Waals surface area contributed by atoms with E-state index in [0.717, 1.165) is 28.7 Å². The summed E-state index contributed by atoms with van der Waals surface area (Å²) in [6, 6.07) is 20.0. The molecule has 0 saturated carbocycles. The number of benzene rings is 2. The van der Waals surface area contributed by atoms with Crippen molar-refractivity contribution in [1.82, 2.24) is 0 Å². The second kappa shape index (κ2) is 5.88. The normalized spacial score (nSPS) is 21.7. The lowest BCUT2D eigenvalue weighted by Gasteiger charge is -2.16. The first kappa shape index (κ1) is 14.0. The summed E-state index contributed by atoms with van der Waals surface area (Å²) in [6.07, 6.45) is 5.37. The molecule has 23 heavy (non-hydrogen) atoms. The molecule has 2 aliphatic carbocycles. The maximum Gasteiger partial charge on any atom is 0.335 e. The van der Waals surface area contributed by atoms with Crippen LogP contribution in [0.1, 0.15) is 17.5 Å². The Balaban J connectivity index is 1.60. The van der Waals surface area contributed by atoms with Gasteiger partial charge in [0.1, 0.15) is 6.61 Å². The third-order valence-electron chi connectivity index (χ3n) is 4.63. The monoisotopic (exact) mass is 302 g/mol. The predicted octanol–water partition coefficient (Wildman–Crippen LogP) is 4.39. The Morgan fingerprint density at radius 2 is 1.57 bits per heavy atom. The Labute approximate surface area is 136 Å². The van der Waals surface area contributed by atoms with Crippen molar-refractivity contribution >= 4 is 11.5 Å². The first-order valence-electron chi connectivity index (χ1n) is 8.02. The molecule has 2 aromatic rings. The van der Waals surface area contributed by atoms with Gasteiger partial charge in [-0.3, -0.25) is 0 Å². The number of hydrogen-bond acceptors (Lipinski definition) is 2. The summed E-state index contributed by atoms with van der Waals surface area (Å²) in [5.41, 5.74) is 4.15. The van der Waals surface area contributed by atoms with Crippen LogP contribution in [0.4, 0.5) is 0 Å². The molecule has 2 aromatic carbocycles. The number of rotatable bonds is 4. The van der Waals surface area contributed by atoms with Gasteiger partial charge in [0.05, 0.1) is 0 Å². The molecule has 2 nitrogen and oxygen atoms in total. The fraction of sp³-hybridized carbons (Fsp3) is 0.190. The van der Waals surface area contributed by atoms with Crippen LogP contribution in [-0.4, -0.2) is 5.97 Å². The van der Waals surface area contributed by atoms with Crippen LogP contribution in [-0.2, 0) is 16.1 Å². The summed E-state index contributed by atoms with van der Waals surface area (Å²) in [5, 5.41) is 0. The quantitative estimate of drug-likeness (QED) is 0.618. The average molecular weight is 302 g/mol. The number of ether oxygens (including phenoxy) is 1. The van der Waals surface area contributed by atoms with Crippen molar-refractivity contribution < 1.29 is 9.53 Å². The summed E-state index contributed by atoms with van der Waals surface area (Å²) in [5.74, 6) is 0.379. The Morgan fingerprint density at radius 3 is 2.30 bits per heavy atom. The molecule has 0 fully saturated rings. The van der Waals surface area contributed by atoms with Crippen molar-refractivity contribution in [1.29, 1.82) is 0 Å². The van der Waals surface area contributed by atoms with E-state index in [9.17, 15) is 4.79 Å². The molecule has 2 heteroatoms. The van der Waals surface area contributed by atoms with Gasteiger partial charge in [0, 0.05) is 17.4 Å². The molecule has 0 radical (unpaired) electrons. The number of esters is 1. The maximum atomic E-state index is 12.7. The highest BCUT2D eigenvalue weighted by Crippen LogP contribution is 2.48. The van der Waals surface area contributed by atoms with Crippen molar-refractivity contribution in [2.75, 3.05) is 0 Å². The molecule has 0 saturated heterocycles. The molecule has 2 unspecified atom stereocenters. The smallest absolute Gasteiger partial charge is 0.335 e. The van der Waals surface area contributed by atoms with Crippen molar-refractivity contribution in [2.24, 2.45) is 11.8 Å². The van der Waals surface area contributed by atoms with Gasteiger partial charge >= 0.3 is 5.97 Å². The van der Waals surface area contributed by atoms with Crippen molar-refractivity contribution in [3.05, 3.63) is 89.5 Å². The molecule has 2 aliphatic rings. The number of allylic oxidation sites excluding steroid dienone is 3.